The molecule has 0 bridgehead atoms. The van der Waals surface area contributed by atoms with E-state index in [4.69, 9.17) is 10.2 Å². The smallest absolute Gasteiger partial charge is 0.328 e. The number of thiophene rings is 1. The Morgan fingerprint density at radius 2 is 2.25 bits per heavy atom. The van der Waals surface area contributed by atoms with E-state index in [0.29, 0.717) is 11.3 Å². The molecule has 0 saturated carbocycles. The Bertz CT molecular complexity index is 388. The number of aliphatic hydroxyl groups is 1. The van der Waals surface area contributed by atoms with Crippen molar-refractivity contribution in [3.05, 3.63) is 21.9 Å². The lowest BCUT2D eigenvalue weighted by molar-refractivity contribution is -0.140. The summed E-state index contributed by atoms with van der Waals surface area (Å²) in [6.45, 7) is 1.30. The monoisotopic (exact) mass is 243 g/mol. The number of aryl methyl sites for hydroxylation is 1. The third-order valence-corrected chi connectivity index (χ3v) is 3.08. The van der Waals surface area contributed by atoms with Gasteiger partial charge in [-0.3, -0.25) is 4.79 Å². The average Bonchev–Trinajstić information content (AvgIpc) is 2.72. The number of rotatable bonds is 5. The average molecular weight is 243 g/mol. The summed E-state index contributed by atoms with van der Waals surface area (Å²) in [6, 6.07) is 0.577. The minimum atomic E-state index is -1.25. The fourth-order valence-electron chi connectivity index (χ4n) is 1.22. The van der Waals surface area contributed by atoms with Crippen LogP contribution in [0.5, 0.6) is 0 Å². The molecule has 1 aromatic heterocycles. The van der Waals surface area contributed by atoms with Gasteiger partial charge >= 0.3 is 5.97 Å². The van der Waals surface area contributed by atoms with Gasteiger partial charge in [-0.2, -0.15) is 0 Å². The summed E-state index contributed by atoms with van der Waals surface area (Å²) in [5, 5.41) is 21.5. The van der Waals surface area contributed by atoms with Crippen molar-refractivity contribution in [1.82, 2.24) is 5.32 Å². The lowest BCUT2D eigenvalue weighted by atomic mass is 10.2. The molecule has 0 saturated heterocycles. The molecule has 6 heteroatoms. The molecule has 1 atom stereocenters. The molecule has 1 heterocycles. The number of carbonyl (C=O) groups excluding carboxylic acids is 1. The van der Waals surface area contributed by atoms with Gasteiger partial charge in [0.05, 0.1) is 11.5 Å². The molecular formula is C10H13NO4S. The van der Waals surface area contributed by atoms with Gasteiger partial charge in [-0.05, 0) is 23.4 Å². The summed E-state index contributed by atoms with van der Waals surface area (Å²) in [4.78, 5) is 22.8. The van der Waals surface area contributed by atoms with Crippen molar-refractivity contribution in [2.75, 3.05) is 6.61 Å². The van der Waals surface area contributed by atoms with Crippen LogP contribution in [-0.4, -0.2) is 34.7 Å². The molecule has 88 valence electrons. The molecular weight excluding hydrogens is 230 g/mol. The second kappa shape index (κ2) is 5.62. The highest BCUT2D eigenvalue weighted by atomic mass is 32.1. The third kappa shape index (κ3) is 2.80. The topological polar surface area (TPSA) is 86.6 Å². The highest BCUT2D eigenvalue weighted by Gasteiger charge is 2.21. The first-order valence-electron chi connectivity index (χ1n) is 4.81. The zero-order valence-corrected chi connectivity index (χ0v) is 9.58. The molecule has 0 aromatic carbocycles. The molecule has 0 aliphatic carbocycles. The number of aliphatic carboxylic acids is 1. The van der Waals surface area contributed by atoms with Crippen molar-refractivity contribution in [1.29, 1.82) is 0 Å². The summed E-state index contributed by atoms with van der Waals surface area (Å²) in [6.07, 6.45) is 0.711. The molecule has 0 unspecified atom stereocenters. The molecule has 0 aliphatic heterocycles. The Labute approximate surface area is 96.7 Å². The number of hydrogen-bond acceptors (Lipinski definition) is 4. The molecule has 1 amide bonds. The minimum Gasteiger partial charge on any atom is -0.480 e. The predicted molar refractivity (Wildman–Crippen MR) is 59.7 cm³/mol. The van der Waals surface area contributed by atoms with Crippen LogP contribution in [0.2, 0.25) is 0 Å². The molecule has 1 rings (SSSR count). The first-order valence-corrected chi connectivity index (χ1v) is 5.69. The number of aliphatic hydroxyl groups excluding tert-OH is 1. The van der Waals surface area contributed by atoms with Gasteiger partial charge in [0.2, 0.25) is 0 Å². The van der Waals surface area contributed by atoms with Crippen LogP contribution in [0.4, 0.5) is 0 Å². The van der Waals surface area contributed by atoms with Gasteiger partial charge in [0.15, 0.2) is 6.04 Å². The summed E-state index contributed by atoms with van der Waals surface area (Å²) in [7, 11) is 0. The van der Waals surface area contributed by atoms with Crippen molar-refractivity contribution in [2.45, 2.75) is 19.4 Å². The summed E-state index contributed by atoms with van der Waals surface area (Å²) >= 11 is 1.26. The second-order valence-corrected chi connectivity index (χ2v) is 4.09. The first-order chi connectivity index (χ1) is 7.60. The van der Waals surface area contributed by atoms with Crippen LogP contribution >= 0.6 is 11.3 Å². The molecule has 3 N–H and O–H groups in total. The second-order valence-electron chi connectivity index (χ2n) is 3.18. The van der Waals surface area contributed by atoms with Crippen molar-refractivity contribution in [3.8, 4) is 0 Å². The van der Waals surface area contributed by atoms with Gasteiger partial charge in [-0.15, -0.1) is 11.3 Å². The number of carbonyl (C=O) groups is 2. The zero-order chi connectivity index (χ0) is 12.1. The number of carboxylic acids is 1. The van der Waals surface area contributed by atoms with E-state index < -0.39 is 24.5 Å². The molecule has 1 aromatic rings. The Hall–Kier alpha value is -1.40. The molecule has 16 heavy (non-hydrogen) atoms. The van der Waals surface area contributed by atoms with E-state index in [9.17, 15) is 9.59 Å². The van der Waals surface area contributed by atoms with Crippen LogP contribution in [0, 0.1) is 0 Å². The Kier molecular flexibility index (Phi) is 4.45. The van der Waals surface area contributed by atoms with Crippen LogP contribution < -0.4 is 5.32 Å². The molecule has 0 fully saturated rings. The fourth-order valence-corrected chi connectivity index (χ4v) is 2.12. The maximum absolute atomic E-state index is 11.7. The van der Waals surface area contributed by atoms with Gasteiger partial charge < -0.3 is 15.5 Å². The van der Waals surface area contributed by atoms with Crippen LogP contribution in [-0.2, 0) is 11.2 Å². The van der Waals surface area contributed by atoms with Gasteiger partial charge in [-0.25, -0.2) is 4.79 Å². The van der Waals surface area contributed by atoms with Crippen molar-refractivity contribution in [2.24, 2.45) is 0 Å². The van der Waals surface area contributed by atoms with E-state index in [-0.39, 0.29) is 0 Å². The SMILES string of the molecule is CCc1ccsc1C(=O)N[C@H](CO)C(=O)O. The van der Waals surface area contributed by atoms with Crippen LogP contribution in [0.3, 0.4) is 0 Å². The highest BCUT2D eigenvalue weighted by molar-refractivity contribution is 7.12. The van der Waals surface area contributed by atoms with Crippen molar-refractivity contribution in [3.63, 3.8) is 0 Å². The van der Waals surface area contributed by atoms with Crippen molar-refractivity contribution >= 4 is 23.2 Å². The number of carboxylic acid groups (broad SMARTS) is 1. The molecule has 0 radical (unpaired) electrons. The van der Waals surface area contributed by atoms with E-state index in [1.807, 2.05) is 13.0 Å². The summed E-state index contributed by atoms with van der Waals surface area (Å²) < 4.78 is 0. The number of nitrogens with one attached hydrogen (secondary N) is 1. The Morgan fingerprint density at radius 1 is 1.56 bits per heavy atom. The zero-order valence-electron chi connectivity index (χ0n) is 8.77. The maximum Gasteiger partial charge on any atom is 0.328 e. The van der Waals surface area contributed by atoms with Gasteiger partial charge in [-0.1, -0.05) is 6.92 Å². The molecule has 0 spiro atoms. The third-order valence-electron chi connectivity index (χ3n) is 2.12. The lowest BCUT2D eigenvalue weighted by Gasteiger charge is -2.11. The molecule has 5 nitrogen and oxygen atoms in total. The van der Waals surface area contributed by atoms with E-state index in [1.165, 1.54) is 11.3 Å². The van der Waals surface area contributed by atoms with E-state index >= 15 is 0 Å². The molecule has 0 aliphatic rings. The fraction of sp³-hybridized carbons (Fsp3) is 0.400. The minimum absolute atomic E-state index is 0.451. The van der Waals surface area contributed by atoms with Crippen LogP contribution in [0.15, 0.2) is 11.4 Å². The Balaban J connectivity index is 2.75. The van der Waals surface area contributed by atoms with E-state index in [2.05, 4.69) is 5.32 Å². The van der Waals surface area contributed by atoms with Crippen LogP contribution in [0.25, 0.3) is 0 Å². The van der Waals surface area contributed by atoms with E-state index in [0.717, 1.165) is 5.56 Å². The quantitative estimate of drug-likeness (QED) is 0.702. The van der Waals surface area contributed by atoms with Crippen LogP contribution in [0.1, 0.15) is 22.2 Å². The van der Waals surface area contributed by atoms with Gasteiger partial charge in [0.25, 0.3) is 5.91 Å². The van der Waals surface area contributed by atoms with Crippen molar-refractivity contribution < 1.29 is 19.8 Å². The maximum atomic E-state index is 11.7. The Morgan fingerprint density at radius 3 is 2.75 bits per heavy atom. The normalized spacial score (nSPS) is 12.1. The largest absolute Gasteiger partial charge is 0.480 e. The lowest BCUT2D eigenvalue weighted by Crippen LogP contribution is -2.43. The van der Waals surface area contributed by atoms with Gasteiger partial charge in [0.1, 0.15) is 0 Å². The highest BCUT2D eigenvalue weighted by Crippen LogP contribution is 2.17. The standard InChI is InChI=1S/C10H13NO4S/c1-2-6-3-4-16-8(6)9(13)11-7(5-12)10(14)15/h3-4,7,12H,2,5H2,1H3,(H,11,13)(H,14,15)/t7-/m1/s1. The predicted octanol–water partition coefficient (Wildman–Crippen LogP) is 0.486. The first kappa shape index (κ1) is 12.7. The van der Waals surface area contributed by atoms with Gasteiger partial charge in [0, 0.05) is 0 Å². The summed E-state index contributed by atoms with van der Waals surface area (Å²) in [5.74, 6) is -1.70. The van der Waals surface area contributed by atoms with E-state index in [1.54, 1.807) is 5.38 Å². The number of hydrogen-bond donors (Lipinski definition) is 3. The summed E-state index contributed by atoms with van der Waals surface area (Å²) in [5.41, 5.74) is 0.879. The number of amides is 1.